The Balaban J connectivity index is 1.70. The maximum atomic E-state index is 3.48. The highest BCUT2D eigenvalue weighted by atomic mass is 15.2. The molecule has 3 rings (SSSR count). The van der Waals surface area contributed by atoms with E-state index in [9.17, 15) is 0 Å². The molecule has 1 aromatic carbocycles. The van der Waals surface area contributed by atoms with Crippen LogP contribution < -0.4 is 5.32 Å². The molecule has 1 aliphatic carbocycles. The molecule has 1 aromatic rings. The minimum Gasteiger partial charge on any atom is -0.313 e. The van der Waals surface area contributed by atoms with Crippen molar-refractivity contribution in [3.05, 3.63) is 35.4 Å². The first-order chi connectivity index (χ1) is 10.4. The Morgan fingerprint density at radius 3 is 2.67 bits per heavy atom. The molecule has 2 nitrogen and oxygen atoms in total. The van der Waals surface area contributed by atoms with Gasteiger partial charge in [-0.15, -0.1) is 0 Å². The number of rotatable bonds is 5. The Hall–Kier alpha value is -0.860. The predicted molar refractivity (Wildman–Crippen MR) is 89.2 cm³/mol. The summed E-state index contributed by atoms with van der Waals surface area (Å²) in [5.74, 6) is 0.980. The van der Waals surface area contributed by atoms with E-state index in [1.807, 2.05) is 0 Å². The molecule has 1 saturated carbocycles. The molecule has 21 heavy (non-hydrogen) atoms. The van der Waals surface area contributed by atoms with Gasteiger partial charge in [-0.1, -0.05) is 44.0 Å². The second-order valence-corrected chi connectivity index (χ2v) is 6.77. The van der Waals surface area contributed by atoms with E-state index in [1.165, 1.54) is 56.2 Å². The molecule has 0 bridgehead atoms. The summed E-state index contributed by atoms with van der Waals surface area (Å²) in [6, 6.07) is 9.86. The monoisotopic (exact) mass is 286 g/mol. The second kappa shape index (κ2) is 7.42. The molecular weight excluding hydrogens is 256 g/mol. The standard InChI is InChI=1S/C19H30N2/c1-2-20-14-17-9-3-4-10-18(17)15-21-13-7-11-16-8-5-6-12-19(16)21/h3-4,9-10,16,19-20H,2,5-8,11-15H2,1H3. The highest BCUT2D eigenvalue weighted by Gasteiger charge is 2.33. The minimum absolute atomic E-state index is 0.861. The zero-order valence-corrected chi connectivity index (χ0v) is 13.5. The Bertz CT molecular complexity index is 441. The number of piperidine rings is 1. The molecule has 116 valence electrons. The number of nitrogens with one attached hydrogen (secondary N) is 1. The lowest BCUT2D eigenvalue weighted by atomic mass is 9.78. The summed E-state index contributed by atoms with van der Waals surface area (Å²) in [7, 11) is 0. The molecular formula is C19H30N2. The van der Waals surface area contributed by atoms with E-state index in [1.54, 1.807) is 0 Å². The minimum atomic E-state index is 0.861. The highest BCUT2D eigenvalue weighted by Crippen LogP contribution is 2.36. The van der Waals surface area contributed by atoms with Crippen LogP contribution in [-0.2, 0) is 13.1 Å². The number of hydrogen-bond acceptors (Lipinski definition) is 2. The normalized spacial score (nSPS) is 26.5. The first-order valence-electron chi connectivity index (χ1n) is 8.90. The molecule has 2 unspecified atom stereocenters. The van der Waals surface area contributed by atoms with E-state index < -0.39 is 0 Å². The van der Waals surface area contributed by atoms with Gasteiger partial charge in [-0.2, -0.15) is 0 Å². The molecule has 2 atom stereocenters. The molecule has 1 N–H and O–H groups in total. The van der Waals surface area contributed by atoms with Crippen LogP contribution in [-0.4, -0.2) is 24.0 Å². The van der Waals surface area contributed by atoms with E-state index in [-0.39, 0.29) is 0 Å². The molecule has 1 heterocycles. The highest BCUT2D eigenvalue weighted by molar-refractivity contribution is 5.27. The molecule has 1 aliphatic heterocycles. The van der Waals surface area contributed by atoms with Gasteiger partial charge in [-0.3, -0.25) is 4.90 Å². The average Bonchev–Trinajstić information content (AvgIpc) is 2.54. The first-order valence-corrected chi connectivity index (χ1v) is 8.90. The van der Waals surface area contributed by atoms with Gasteiger partial charge in [0.05, 0.1) is 0 Å². The van der Waals surface area contributed by atoms with Crippen LogP contribution in [0.1, 0.15) is 56.6 Å². The third-order valence-electron chi connectivity index (χ3n) is 5.42. The summed E-state index contributed by atoms with van der Waals surface area (Å²) in [5.41, 5.74) is 3.02. The van der Waals surface area contributed by atoms with Crippen molar-refractivity contribution in [2.75, 3.05) is 13.1 Å². The van der Waals surface area contributed by atoms with Gasteiger partial charge in [0.15, 0.2) is 0 Å². The van der Waals surface area contributed by atoms with Crippen LogP contribution in [0.25, 0.3) is 0 Å². The van der Waals surface area contributed by atoms with Crippen LogP contribution >= 0.6 is 0 Å². The Morgan fingerprint density at radius 1 is 1.05 bits per heavy atom. The van der Waals surface area contributed by atoms with Gasteiger partial charge >= 0.3 is 0 Å². The number of likely N-dealkylation sites (tertiary alicyclic amines) is 1. The molecule has 0 aromatic heterocycles. The van der Waals surface area contributed by atoms with Crippen LogP contribution in [0.3, 0.4) is 0 Å². The van der Waals surface area contributed by atoms with E-state index in [2.05, 4.69) is 41.4 Å². The van der Waals surface area contributed by atoms with E-state index in [4.69, 9.17) is 0 Å². The summed E-state index contributed by atoms with van der Waals surface area (Å²) in [6.45, 7) is 6.69. The van der Waals surface area contributed by atoms with Crippen molar-refractivity contribution < 1.29 is 0 Å². The Morgan fingerprint density at radius 2 is 1.81 bits per heavy atom. The van der Waals surface area contributed by atoms with Crippen LogP contribution in [0.5, 0.6) is 0 Å². The van der Waals surface area contributed by atoms with Crippen LogP contribution in [0.15, 0.2) is 24.3 Å². The van der Waals surface area contributed by atoms with Crippen LogP contribution in [0.2, 0.25) is 0 Å². The average molecular weight is 286 g/mol. The summed E-state index contributed by atoms with van der Waals surface area (Å²) >= 11 is 0. The van der Waals surface area contributed by atoms with Crippen LogP contribution in [0, 0.1) is 5.92 Å². The van der Waals surface area contributed by atoms with Gasteiger partial charge < -0.3 is 5.32 Å². The Labute approximate surface area is 129 Å². The smallest absolute Gasteiger partial charge is 0.0240 e. The third kappa shape index (κ3) is 3.67. The SMILES string of the molecule is CCNCc1ccccc1CN1CCCC2CCCCC21. The summed E-state index contributed by atoms with van der Waals surface area (Å²) in [5, 5.41) is 3.48. The van der Waals surface area contributed by atoms with Gasteiger partial charge in [0.2, 0.25) is 0 Å². The lowest BCUT2D eigenvalue weighted by Gasteiger charge is -2.44. The fourth-order valence-electron chi connectivity index (χ4n) is 4.29. The summed E-state index contributed by atoms with van der Waals surface area (Å²) < 4.78 is 0. The largest absolute Gasteiger partial charge is 0.313 e. The van der Waals surface area contributed by atoms with Crippen molar-refractivity contribution in [2.24, 2.45) is 5.92 Å². The fourth-order valence-corrected chi connectivity index (χ4v) is 4.29. The van der Waals surface area contributed by atoms with Crippen molar-refractivity contribution >= 4 is 0 Å². The van der Waals surface area contributed by atoms with Gasteiger partial charge in [0, 0.05) is 19.1 Å². The molecule has 0 radical (unpaired) electrons. The fraction of sp³-hybridized carbons (Fsp3) is 0.684. The number of hydrogen-bond donors (Lipinski definition) is 1. The molecule has 0 spiro atoms. The van der Waals surface area contributed by atoms with Crippen molar-refractivity contribution in [3.63, 3.8) is 0 Å². The third-order valence-corrected chi connectivity index (χ3v) is 5.42. The van der Waals surface area contributed by atoms with E-state index in [0.717, 1.165) is 31.6 Å². The lowest BCUT2D eigenvalue weighted by molar-refractivity contribution is 0.0545. The summed E-state index contributed by atoms with van der Waals surface area (Å²) in [6.07, 6.45) is 8.68. The number of fused-ring (bicyclic) bond motifs is 1. The predicted octanol–water partition coefficient (Wildman–Crippen LogP) is 3.95. The zero-order valence-electron chi connectivity index (χ0n) is 13.5. The summed E-state index contributed by atoms with van der Waals surface area (Å²) in [4.78, 5) is 2.79. The maximum Gasteiger partial charge on any atom is 0.0240 e. The first kappa shape index (κ1) is 15.1. The second-order valence-electron chi connectivity index (χ2n) is 6.77. The van der Waals surface area contributed by atoms with Crippen molar-refractivity contribution in [1.29, 1.82) is 0 Å². The van der Waals surface area contributed by atoms with Crippen LogP contribution in [0.4, 0.5) is 0 Å². The van der Waals surface area contributed by atoms with E-state index >= 15 is 0 Å². The maximum absolute atomic E-state index is 3.48. The van der Waals surface area contributed by atoms with Crippen molar-refractivity contribution in [3.8, 4) is 0 Å². The molecule has 1 saturated heterocycles. The van der Waals surface area contributed by atoms with Gasteiger partial charge in [-0.25, -0.2) is 0 Å². The van der Waals surface area contributed by atoms with Gasteiger partial charge in [-0.05, 0) is 55.8 Å². The molecule has 2 heteroatoms. The lowest BCUT2D eigenvalue weighted by Crippen LogP contribution is -2.46. The molecule has 2 aliphatic rings. The topological polar surface area (TPSA) is 15.3 Å². The van der Waals surface area contributed by atoms with Crippen molar-refractivity contribution in [1.82, 2.24) is 10.2 Å². The zero-order chi connectivity index (χ0) is 14.5. The quantitative estimate of drug-likeness (QED) is 0.881. The molecule has 0 amide bonds. The van der Waals surface area contributed by atoms with E-state index in [0.29, 0.717) is 0 Å². The number of nitrogens with zero attached hydrogens (tertiary/aromatic N) is 1. The van der Waals surface area contributed by atoms with Gasteiger partial charge in [0.25, 0.3) is 0 Å². The van der Waals surface area contributed by atoms with Crippen molar-refractivity contribution in [2.45, 2.75) is 64.6 Å². The van der Waals surface area contributed by atoms with Gasteiger partial charge in [0.1, 0.15) is 0 Å². The molecule has 2 fully saturated rings. The number of benzene rings is 1. The Kier molecular flexibility index (Phi) is 5.32.